The maximum atomic E-state index is 12.1. The Kier molecular flexibility index (Phi) is 5.09. The number of nitrogens with one attached hydrogen (secondary N) is 2. The molecule has 1 aromatic heterocycles. The van der Waals surface area contributed by atoms with Crippen LogP contribution in [0.2, 0.25) is 5.02 Å². The van der Waals surface area contributed by atoms with Gasteiger partial charge in [-0.25, -0.2) is 4.79 Å². The fourth-order valence-corrected chi connectivity index (χ4v) is 4.83. The van der Waals surface area contributed by atoms with Gasteiger partial charge in [-0.1, -0.05) is 29.8 Å². The van der Waals surface area contributed by atoms with Crippen molar-refractivity contribution in [1.82, 2.24) is 15.6 Å². The van der Waals surface area contributed by atoms with Crippen molar-refractivity contribution in [2.75, 3.05) is 0 Å². The number of pyridine rings is 1. The van der Waals surface area contributed by atoms with Crippen molar-refractivity contribution in [2.24, 2.45) is 11.3 Å². The van der Waals surface area contributed by atoms with Crippen LogP contribution in [0.4, 0.5) is 4.79 Å². The highest BCUT2D eigenvalue weighted by Gasteiger charge is 2.52. The third-order valence-corrected chi connectivity index (χ3v) is 6.25. The Morgan fingerprint density at radius 2 is 1.81 bits per heavy atom. The summed E-state index contributed by atoms with van der Waals surface area (Å²) in [6.07, 6.45) is 7.94. The maximum Gasteiger partial charge on any atom is 0.315 e. The van der Waals surface area contributed by atoms with Crippen molar-refractivity contribution in [3.8, 4) is 0 Å². The number of aryl methyl sites for hydroxylation is 1. The van der Waals surface area contributed by atoms with Crippen molar-refractivity contribution < 1.29 is 4.79 Å². The zero-order valence-corrected chi connectivity index (χ0v) is 16.4. The molecule has 2 aromatic rings. The molecule has 27 heavy (non-hydrogen) atoms. The van der Waals surface area contributed by atoms with Gasteiger partial charge in [-0.2, -0.15) is 0 Å². The number of hydrogen-bond acceptors (Lipinski definition) is 2. The Bertz CT molecular complexity index is 789. The van der Waals surface area contributed by atoms with E-state index in [1.165, 1.54) is 18.4 Å². The number of halogens is 1. The predicted molar refractivity (Wildman–Crippen MR) is 108 cm³/mol. The first kappa shape index (κ1) is 18.3. The second-order valence-corrected chi connectivity index (χ2v) is 8.78. The van der Waals surface area contributed by atoms with E-state index < -0.39 is 0 Å². The van der Waals surface area contributed by atoms with Gasteiger partial charge in [-0.15, -0.1) is 0 Å². The molecule has 2 aliphatic carbocycles. The molecule has 0 saturated heterocycles. The van der Waals surface area contributed by atoms with Gasteiger partial charge in [-0.05, 0) is 79.7 Å². The predicted octanol–water partition coefficient (Wildman–Crippen LogP) is 4.64. The van der Waals surface area contributed by atoms with Gasteiger partial charge in [0.2, 0.25) is 0 Å². The SMILES string of the molecule is Cc1ccc(CC2CC3(C2)CC(NC(=O)NCc2ccc(Cl)cc2)C3)cn1. The Morgan fingerprint density at radius 1 is 1.11 bits per heavy atom. The van der Waals surface area contributed by atoms with Crippen LogP contribution in [0.25, 0.3) is 0 Å². The molecule has 2 saturated carbocycles. The first-order chi connectivity index (χ1) is 13.0. The summed E-state index contributed by atoms with van der Waals surface area (Å²) in [5.41, 5.74) is 3.95. The summed E-state index contributed by atoms with van der Waals surface area (Å²) in [6.45, 7) is 2.54. The molecular formula is C22H26ClN3O. The van der Waals surface area contributed by atoms with Crippen LogP contribution in [0, 0.1) is 18.3 Å². The normalized spacial score (nSPS) is 26.1. The quantitative estimate of drug-likeness (QED) is 0.789. The molecule has 1 aromatic carbocycles. The maximum absolute atomic E-state index is 12.1. The topological polar surface area (TPSA) is 54.0 Å². The number of carbonyl (C=O) groups excluding carboxylic acids is 1. The van der Waals surface area contributed by atoms with Crippen LogP contribution in [0.5, 0.6) is 0 Å². The lowest BCUT2D eigenvalue weighted by Gasteiger charge is -2.58. The van der Waals surface area contributed by atoms with E-state index in [1.807, 2.05) is 37.4 Å². The average Bonchev–Trinajstić information content (AvgIpc) is 2.59. The van der Waals surface area contributed by atoms with Gasteiger partial charge >= 0.3 is 6.03 Å². The number of hydrogen-bond donors (Lipinski definition) is 2. The average molecular weight is 384 g/mol. The number of amides is 2. The van der Waals surface area contributed by atoms with Gasteiger partial charge in [0.1, 0.15) is 0 Å². The highest BCUT2D eigenvalue weighted by molar-refractivity contribution is 6.30. The van der Waals surface area contributed by atoms with Crippen molar-refractivity contribution in [1.29, 1.82) is 0 Å². The fraction of sp³-hybridized carbons (Fsp3) is 0.455. The van der Waals surface area contributed by atoms with E-state index in [0.717, 1.165) is 36.4 Å². The van der Waals surface area contributed by atoms with Gasteiger partial charge in [0, 0.05) is 29.5 Å². The Labute approximate surface area is 165 Å². The molecule has 142 valence electrons. The van der Waals surface area contributed by atoms with E-state index in [1.54, 1.807) is 0 Å². The zero-order valence-electron chi connectivity index (χ0n) is 15.7. The van der Waals surface area contributed by atoms with Gasteiger partial charge in [-0.3, -0.25) is 4.98 Å². The van der Waals surface area contributed by atoms with Gasteiger partial charge in [0.15, 0.2) is 0 Å². The molecule has 0 radical (unpaired) electrons. The highest BCUT2D eigenvalue weighted by atomic mass is 35.5. The summed E-state index contributed by atoms with van der Waals surface area (Å²) in [4.78, 5) is 16.5. The summed E-state index contributed by atoms with van der Waals surface area (Å²) in [6, 6.07) is 12.1. The lowest BCUT2D eigenvalue weighted by Crippen LogP contribution is -2.57. The van der Waals surface area contributed by atoms with Crippen LogP contribution >= 0.6 is 11.6 Å². The van der Waals surface area contributed by atoms with Crippen LogP contribution in [0.15, 0.2) is 42.6 Å². The number of urea groups is 1. The fourth-order valence-electron chi connectivity index (χ4n) is 4.70. The van der Waals surface area contributed by atoms with Crippen LogP contribution in [0.3, 0.4) is 0 Å². The Balaban J connectivity index is 1.14. The van der Waals surface area contributed by atoms with Crippen molar-refractivity contribution >= 4 is 17.6 Å². The first-order valence-corrected chi connectivity index (χ1v) is 10.1. The second-order valence-electron chi connectivity index (χ2n) is 8.34. The van der Waals surface area contributed by atoms with Crippen LogP contribution < -0.4 is 10.6 Å². The first-order valence-electron chi connectivity index (χ1n) is 9.70. The molecule has 2 amide bonds. The van der Waals surface area contributed by atoms with E-state index in [-0.39, 0.29) is 6.03 Å². The molecule has 0 bridgehead atoms. The van der Waals surface area contributed by atoms with Gasteiger partial charge in [0.25, 0.3) is 0 Å². The lowest BCUT2D eigenvalue weighted by atomic mass is 9.49. The van der Waals surface area contributed by atoms with Crippen molar-refractivity contribution in [3.63, 3.8) is 0 Å². The van der Waals surface area contributed by atoms with Crippen LogP contribution in [-0.2, 0) is 13.0 Å². The van der Waals surface area contributed by atoms with E-state index in [9.17, 15) is 4.79 Å². The molecule has 1 heterocycles. The van der Waals surface area contributed by atoms with Crippen LogP contribution in [-0.4, -0.2) is 17.1 Å². The third kappa shape index (κ3) is 4.44. The van der Waals surface area contributed by atoms with E-state index in [4.69, 9.17) is 11.6 Å². The molecule has 0 unspecified atom stereocenters. The molecular weight excluding hydrogens is 358 g/mol. The largest absolute Gasteiger partial charge is 0.335 e. The Hall–Kier alpha value is -2.07. The number of rotatable bonds is 5. The molecule has 2 fully saturated rings. The van der Waals surface area contributed by atoms with E-state index >= 15 is 0 Å². The minimum Gasteiger partial charge on any atom is -0.335 e. The molecule has 4 rings (SSSR count). The summed E-state index contributed by atoms with van der Waals surface area (Å²) in [5, 5.41) is 6.74. The summed E-state index contributed by atoms with van der Waals surface area (Å²) in [7, 11) is 0. The standard InChI is InChI=1S/C22H26ClN3O/c1-15-2-3-17(14-24-15)8-18-9-22(10-18)11-20(12-22)26-21(27)25-13-16-4-6-19(23)7-5-16/h2-7,14,18,20H,8-13H2,1H3,(H2,25,26,27). The molecule has 1 spiro atoms. The summed E-state index contributed by atoms with van der Waals surface area (Å²) in [5.74, 6) is 0.772. The highest BCUT2D eigenvalue weighted by Crippen LogP contribution is 2.59. The minimum atomic E-state index is -0.0774. The monoisotopic (exact) mass is 383 g/mol. The molecule has 2 aliphatic rings. The summed E-state index contributed by atoms with van der Waals surface area (Å²) >= 11 is 5.87. The van der Waals surface area contributed by atoms with Crippen LogP contribution in [0.1, 0.15) is 42.5 Å². The number of benzene rings is 1. The number of carbonyl (C=O) groups is 1. The smallest absolute Gasteiger partial charge is 0.315 e. The molecule has 4 nitrogen and oxygen atoms in total. The summed E-state index contributed by atoms with van der Waals surface area (Å²) < 4.78 is 0. The Morgan fingerprint density at radius 3 is 2.48 bits per heavy atom. The van der Waals surface area contributed by atoms with E-state index in [2.05, 4.69) is 27.8 Å². The van der Waals surface area contributed by atoms with E-state index in [0.29, 0.717) is 23.0 Å². The molecule has 0 aliphatic heterocycles. The number of aromatic nitrogens is 1. The third-order valence-electron chi connectivity index (χ3n) is 6.00. The molecule has 5 heteroatoms. The lowest BCUT2D eigenvalue weighted by molar-refractivity contribution is -0.0454. The number of nitrogens with zero attached hydrogens (tertiary/aromatic N) is 1. The minimum absolute atomic E-state index is 0.0774. The van der Waals surface area contributed by atoms with Crippen molar-refractivity contribution in [2.45, 2.75) is 51.6 Å². The molecule has 0 atom stereocenters. The second kappa shape index (κ2) is 7.51. The van der Waals surface area contributed by atoms with Gasteiger partial charge < -0.3 is 10.6 Å². The zero-order chi connectivity index (χ0) is 18.9. The molecule has 2 N–H and O–H groups in total. The van der Waals surface area contributed by atoms with Crippen molar-refractivity contribution in [3.05, 3.63) is 64.4 Å². The van der Waals surface area contributed by atoms with Gasteiger partial charge in [0.05, 0.1) is 0 Å².